The maximum absolute atomic E-state index is 11.3. The number of oxime groups is 1. The lowest BCUT2D eigenvalue weighted by Gasteiger charge is -2.18. The molecule has 0 aliphatic carbocycles. The molecular formula is C8H13Cl3N2O3S. The molecule has 0 unspecified atom stereocenters. The predicted octanol–water partition coefficient (Wildman–Crippen LogP) is 3.44. The summed E-state index contributed by atoms with van der Waals surface area (Å²) in [7, 11) is 2.91. The topological polar surface area (TPSA) is 51.1 Å². The Morgan fingerprint density at radius 3 is 2.35 bits per heavy atom. The summed E-state index contributed by atoms with van der Waals surface area (Å²) >= 11 is 17.1. The number of carbonyl (C=O) groups excluding carboxylic acids is 1. The van der Waals surface area contributed by atoms with E-state index in [9.17, 15) is 4.79 Å². The third kappa shape index (κ3) is 8.79. The highest BCUT2D eigenvalue weighted by atomic mass is 35.6. The van der Waals surface area contributed by atoms with Gasteiger partial charge in [0.25, 0.3) is 3.12 Å². The van der Waals surface area contributed by atoms with Crippen LogP contribution in [0.5, 0.6) is 0 Å². The lowest BCUT2D eigenvalue weighted by atomic mass is 10.2. The smallest absolute Gasteiger partial charge is 0.373 e. The van der Waals surface area contributed by atoms with E-state index in [2.05, 4.69) is 9.99 Å². The molecule has 0 bridgehead atoms. The molecule has 0 spiro atoms. The SMILES string of the molecule is COC(C)(C)C=NOC(=O)N(C)SC(Cl)(Cl)Cl. The van der Waals surface area contributed by atoms with Crippen molar-refractivity contribution in [2.45, 2.75) is 22.6 Å². The summed E-state index contributed by atoms with van der Waals surface area (Å²) in [5.41, 5.74) is -0.624. The quantitative estimate of drug-likeness (QED) is 0.261. The van der Waals surface area contributed by atoms with Gasteiger partial charge in [-0.25, -0.2) is 9.10 Å². The number of carbonyl (C=O) groups is 1. The van der Waals surface area contributed by atoms with E-state index >= 15 is 0 Å². The summed E-state index contributed by atoms with van der Waals surface area (Å²) < 4.78 is 4.42. The molecule has 1 amide bonds. The number of alkyl halides is 3. The van der Waals surface area contributed by atoms with Gasteiger partial charge in [-0.1, -0.05) is 40.0 Å². The molecule has 100 valence electrons. The van der Waals surface area contributed by atoms with Gasteiger partial charge in [0.2, 0.25) is 0 Å². The first-order chi connectivity index (χ1) is 7.57. The van der Waals surface area contributed by atoms with Crippen molar-refractivity contribution in [3.05, 3.63) is 0 Å². The standard InChI is InChI=1S/C8H13Cl3N2O3S/c1-7(2,15-4)5-12-16-6(14)13(3)17-8(9,10)11/h5H,1-4H3. The van der Waals surface area contributed by atoms with E-state index in [-0.39, 0.29) is 0 Å². The van der Waals surface area contributed by atoms with Crippen LogP contribution in [-0.2, 0) is 9.57 Å². The molecule has 0 saturated heterocycles. The van der Waals surface area contributed by atoms with E-state index in [4.69, 9.17) is 39.5 Å². The number of ether oxygens (including phenoxy) is 1. The van der Waals surface area contributed by atoms with Gasteiger partial charge in [-0.05, 0) is 13.8 Å². The summed E-state index contributed by atoms with van der Waals surface area (Å²) in [6.07, 6.45) is 0.586. The molecular weight excluding hydrogens is 311 g/mol. The highest BCUT2D eigenvalue weighted by Crippen LogP contribution is 2.40. The molecule has 17 heavy (non-hydrogen) atoms. The van der Waals surface area contributed by atoms with Crippen LogP contribution in [0.4, 0.5) is 4.79 Å². The van der Waals surface area contributed by atoms with Crippen molar-refractivity contribution in [3.8, 4) is 0 Å². The molecule has 9 heteroatoms. The Labute approximate surface area is 119 Å². The number of rotatable bonds is 4. The molecule has 0 aromatic rings. The fourth-order valence-electron chi connectivity index (χ4n) is 0.501. The average Bonchev–Trinajstić information content (AvgIpc) is 2.14. The second-order valence-electron chi connectivity index (χ2n) is 3.43. The number of amides is 1. The summed E-state index contributed by atoms with van der Waals surface area (Å²) in [4.78, 5) is 15.9. The van der Waals surface area contributed by atoms with Crippen molar-refractivity contribution < 1.29 is 14.4 Å². The maximum Gasteiger partial charge on any atom is 0.445 e. The van der Waals surface area contributed by atoms with Crippen LogP contribution >= 0.6 is 46.8 Å². The molecule has 5 nitrogen and oxygen atoms in total. The second-order valence-corrected chi connectivity index (χ2v) is 7.73. The van der Waals surface area contributed by atoms with Crippen molar-refractivity contribution in [3.63, 3.8) is 0 Å². The number of halogens is 3. The van der Waals surface area contributed by atoms with Crippen LogP contribution in [0.3, 0.4) is 0 Å². The van der Waals surface area contributed by atoms with Crippen LogP contribution in [0, 0.1) is 0 Å². The van der Waals surface area contributed by atoms with E-state index < -0.39 is 14.8 Å². The van der Waals surface area contributed by atoms with Crippen LogP contribution < -0.4 is 0 Å². The van der Waals surface area contributed by atoms with Gasteiger partial charge in [-0.15, -0.1) is 0 Å². The normalized spacial score (nSPS) is 12.9. The lowest BCUT2D eigenvalue weighted by molar-refractivity contribution is 0.0818. The maximum atomic E-state index is 11.3. The molecule has 0 saturated carbocycles. The van der Waals surface area contributed by atoms with E-state index in [0.29, 0.717) is 11.9 Å². The van der Waals surface area contributed by atoms with Gasteiger partial charge in [0.05, 0.1) is 6.21 Å². The first-order valence-corrected chi connectivity index (χ1v) is 6.28. The van der Waals surface area contributed by atoms with Gasteiger partial charge in [0.1, 0.15) is 5.60 Å². The van der Waals surface area contributed by atoms with Crippen LogP contribution in [0.15, 0.2) is 5.16 Å². The Morgan fingerprint density at radius 1 is 1.41 bits per heavy atom. The summed E-state index contributed by atoms with van der Waals surface area (Å²) in [6.45, 7) is 3.51. The summed E-state index contributed by atoms with van der Waals surface area (Å²) in [6, 6.07) is 0. The Hall–Kier alpha value is 0.120. The number of hydrogen-bond donors (Lipinski definition) is 0. The molecule has 0 radical (unpaired) electrons. The van der Waals surface area contributed by atoms with Crippen LogP contribution in [-0.4, -0.2) is 39.5 Å². The minimum absolute atomic E-state index is 0.624. The van der Waals surface area contributed by atoms with E-state index in [1.54, 1.807) is 13.8 Å². The predicted molar refractivity (Wildman–Crippen MR) is 71.7 cm³/mol. The first kappa shape index (κ1) is 17.1. The Morgan fingerprint density at radius 2 is 1.94 bits per heavy atom. The molecule has 0 aromatic carbocycles. The molecule has 0 N–H and O–H groups in total. The fraction of sp³-hybridized carbons (Fsp3) is 0.750. The lowest BCUT2D eigenvalue weighted by Crippen LogP contribution is -2.26. The second kappa shape index (κ2) is 6.89. The summed E-state index contributed by atoms with van der Waals surface area (Å²) in [5.74, 6) is 0. The first-order valence-electron chi connectivity index (χ1n) is 4.37. The van der Waals surface area contributed by atoms with E-state index in [0.717, 1.165) is 4.31 Å². The van der Waals surface area contributed by atoms with Gasteiger partial charge in [0.15, 0.2) is 0 Å². The number of methoxy groups -OCH3 is 1. The molecule has 0 rings (SSSR count). The van der Waals surface area contributed by atoms with Crippen molar-refractivity contribution in [1.29, 1.82) is 0 Å². The van der Waals surface area contributed by atoms with Crippen molar-refractivity contribution in [2.75, 3.05) is 14.2 Å². The van der Waals surface area contributed by atoms with Crippen LogP contribution in [0.1, 0.15) is 13.8 Å². The molecule has 0 aliphatic heterocycles. The Balaban J connectivity index is 4.19. The molecule has 0 heterocycles. The van der Waals surface area contributed by atoms with Crippen LogP contribution in [0.2, 0.25) is 0 Å². The Kier molecular flexibility index (Phi) is 6.94. The van der Waals surface area contributed by atoms with Gasteiger partial charge >= 0.3 is 6.09 Å². The van der Waals surface area contributed by atoms with Gasteiger partial charge in [0, 0.05) is 26.1 Å². The molecule has 0 aliphatic rings. The average molecular weight is 324 g/mol. The zero-order valence-electron chi connectivity index (χ0n) is 9.74. The van der Waals surface area contributed by atoms with Gasteiger partial charge in [-0.2, -0.15) is 0 Å². The van der Waals surface area contributed by atoms with Crippen molar-refractivity contribution in [1.82, 2.24) is 4.31 Å². The number of hydrogen-bond acceptors (Lipinski definition) is 5. The zero-order chi connectivity index (χ0) is 13.7. The largest absolute Gasteiger partial charge is 0.445 e. The van der Waals surface area contributed by atoms with Gasteiger partial charge in [-0.3, -0.25) is 4.84 Å². The minimum atomic E-state index is -1.64. The molecule has 0 atom stereocenters. The highest BCUT2D eigenvalue weighted by molar-refractivity contribution is 8.03. The molecule has 0 fully saturated rings. The third-order valence-corrected chi connectivity index (χ3v) is 2.77. The zero-order valence-corrected chi connectivity index (χ0v) is 12.8. The number of nitrogens with zero attached hydrogens (tertiary/aromatic N) is 2. The monoisotopic (exact) mass is 322 g/mol. The molecule has 0 aromatic heterocycles. The summed E-state index contributed by atoms with van der Waals surface area (Å²) in [5, 5.41) is 3.48. The Bertz CT molecular complexity index is 294. The fourth-order valence-corrected chi connectivity index (χ4v) is 1.85. The van der Waals surface area contributed by atoms with Crippen molar-refractivity contribution >= 4 is 59.1 Å². The van der Waals surface area contributed by atoms with E-state index in [1.807, 2.05) is 0 Å². The van der Waals surface area contributed by atoms with Crippen LogP contribution in [0.25, 0.3) is 0 Å². The highest BCUT2D eigenvalue weighted by Gasteiger charge is 2.27. The van der Waals surface area contributed by atoms with Gasteiger partial charge < -0.3 is 4.74 Å². The van der Waals surface area contributed by atoms with E-state index in [1.165, 1.54) is 20.4 Å². The minimum Gasteiger partial charge on any atom is -0.373 e. The third-order valence-electron chi connectivity index (χ3n) is 1.52. The van der Waals surface area contributed by atoms with Crippen molar-refractivity contribution in [2.24, 2.45) is 5.16 Å².